The van der Waals surface area contributed by atoms with E-state index in [1.54, 1.807) is 6.20 Å². The molecule has 0 aliphatic carbocycles. The fourth-order valence-corrected chi connectivity index (χ4v) is 10.7. The molecule has 35 heavy (non-hydrogen) atoms. The van der Waals surface area contributed by atoms with Crippen molar-refractivity contribution in [1.82, 2.24) is 4.98 Å². The molecular weight excluding hydrogens is 479 g/mol. The van der Waals surface area contributed by atoms with Gasteiger partial charge in [0, 0.05) is 0 Å². The van der Waals surface area contributed by atoms with Gasteiger partial charge in [-0.2, -0.15) is 0 Å². The summed E-state index contributed by atoms with van der Waals surface area (Å²) in [4.78, 5) is 4.59. The molecule has 0 saturated carbocycles. The molecular formula is C30H23ClF2NP. The zero-order chi connectivity index (χ0) is 24.3. The molecule has 0 N–H and O–H groups in total. The predicted molar refractivity (Wildman–Crippen MR) is 144 cm³/mol. The van der Waals surface area contributed by atoms with Crippen molar-refractivity contribution in [3.05, 3.63) is 145 Å². The van der Waals surface area contributed by atoms with Gasteiger partial charge in [0.25, 0.3) is 0 Å². The van der Waals surface area contributed by atoms with E-state index in [0.29, 0.717) is 17.4 Å². The molecule has 5 rings (SSSR count). The SMILES string of the molecule is Fc1ccc(-c2ccc(CP(Cl)(c3ccccc3)(c3ccccc3)c3ccccc3)cn2)cc1F. The molecule has 1 nitrogen and oxygen atoms in total. The molecule has 0 amide bonds. The molecule has 174 valence electrons. The zero-order valence-corrected chi connectivity index (χ0v) is 20.5. The molecule has 0 unspecified atom stereocenters. The molecule has 1 aromatic heterocycles. The molecule has 0 saturated heterocycles. The first-order chi connectivity index (χ1) is 17.0. The van der Waals surface area contributed by atoms with Crippen LogP contribution in [0.4, 0.5) is 8.78 Å². The van der Waals surface area contributed by atoms with Gasteiger partial charge in [0.15, 0.2) is 0 Å². The summed E-state index contributed by atoms with van der Waals surface area (Å²) < 4.78 is 27.1. The minimum absolute atomic E-state index is 0.521. The minimum atomic E-state index is -3.47. The maximum atomic E-state index is 13.8. The number of pyridine rings is 1. The van der Waals surface area contributed by atoms with Gasteiger partial charge >= 0.3 is 209 Å². The third kappa shape index (κ3) is 4.16. The fraction of sp³-hybridized carbons (Fsp3) is 0.0333. The number of aromatic nitrogens is 1. The van der Waals surface area contributed by atoms with E-state index >= 15 is 0 Å². The van der Waals surface area contributed by atoms with E-state index < -0.39 is 17.6 Å². The van der Waals surface area contributed by atoms with Crippen LogP contribution in [0.3, 0.4) is 0 Å². The van der Waals surface area contributed by atoms with Gasteiger partial charge in [0.05, 0.1) is 0 Å². The third-order valence-electron chi connectivity index (χ3n) is 6.40. The molecule has 0 aliphatic heterocycles. The Bertz CT molecular complexity index is 1340. The second-order valence-corrected chi connectivity index (χ2v) is 15.0. The number of hydrogen-bond donors (Lipinski definition) is 0. The topological polar surface area (TPSA) is 12.9 Å². The molecule has 4 aromatic carbocycles. The molecule has 1 heterocycles. The van der Waals surface area contributed by atoms with Crippen LogP contribution in [0.15, 0.2) is 128 Å². The average molecular weight is 502 g/mol. The third-order valence-corrected chi connectivity index (χ3v) is 13.6. The summed E-state index contributed by atoms with van der Waals surface area (Å²) in [6.07, 6.45) is 2.34. The van der Waals surface area contributed by atoms with E-state index in [0.717, 1.165) is 33.6 Å². The summed E-state index contributed by atoms with van der Waals surface area (Å²) >= 11 is 8.11. The number of hydrogen-bond acceptors (Lipinski definition) is 1. The van der Waals surface area contributed by atoms with Gasteiger partial charge in [0.1, 0.15) is 0 Å². The van der Waals surface area contributed by atoms with Crippen molar-refractivity contribution in [2.75, 3.05) is 0 Å². The van der Waals surface area contributed by atoms with E-state index in [2.05, 4.69) is 41.4 Å². The van der Waals surface area contributed by atoms with E-state index in [1.807, 2.05) is 66.7 Å². The quantitative estimate of drug-likeness (QED) is 0.224. The van der Waals surface area contributed by atoms with Crippen LogP contribution < -0.4 is 15.9 Å². The van der Waals surface area contributed by atoms with E-state index in [-0.39, 0.29) is 0 Å². The summed E-state index contributed by atoms with van der Waals surface area (Å²) in [5.41, 5.74) is 2.05. The van der Waals surface area contributed by atoms with Crippen molar-refractivity contribution in [1.29, 1.82) is 0 Å². The maximum absolute atomic E-state index is 13.8. The zero-order valence-electron chi connectivity index (χ0n) is 18.9. The number of nitrogens with zero attached hydrogens (tertiary/aromatic N) is 1. The fourth-order valence-electron chi connectivity index (χ4n) is 4.62. The van der Waals surface area contributed by atoms with Crippen molar-refractivity contribution >= 4 is 33.1 Å². The Morgan fingerprint density at radius 1 is 0.600 bits per heavy atom. The molecule has 0 fully saturated rings. The standard InChI is InChI=1S/C30H23ClF2NP/c31-35(25-10-4-1-5-11-25,26-12-6-2-7-13-26,27-14-8-3-9-15-27)22-23-16-19-30(34-21-23)24-17-18-28(32)29(33)20-24/h1-21H,22H2. The van der Waals surface area contributed by atoms with Crippen molar-refractivity contribution in [2.24, 2.45) is 0 Å². The number of rotatable bonds is 6. The molecule has 0 radical (unpaired) electrons. The summed E-state index contributed by atoms with van der Waals surface area (Å²) in [5.74, 6) is -5.24. The summed E-state index contributed by atoms with van der Waals surface area (Å²) in [7, 11) is 0. The molecule has 0 aliphatic rings. The second kappa shape index (κ2) is 9.34. The molecule has 5 aromatic rings. The van der Waals surface area contributed by atoms with Crippen LogP contribution in [0.1, 0.15) is 5.56 Å². The number of benzene rings is 4. The van der Waals surface area contributed by atoms with Crippen LogP contribution in [0.25, 0.3) is 11.3 Å². The Morgan fingerprint density at radius 3 is 1.54 bits per heavy atom. The Hall–Kier alpha value is -3.39. The second-order valence-electron chi connectivity index (χ2n) is 8.53. The van der Waals surface area contributed by atoms with Crippen molar-refractivity contribution < 1.29 is 8.78 Å². The molecule has 0 atom stereocenters. The normalized spacial score (nSPS) is 12.6. The Labute approximate surface area is 208 Å². The van der Waals surface area contributed by atoms with Crippen molar-refractivity contribution in [3.63, 3.8) is 0 Å². The van der Waals surface area contributed by atoms with Crippen LogP contribution in [0.2, 0.25) is 0 Å². The molecule has 0 bridgehead atoms. The van der Waals surface area contributed by atoms with Gasteiger partial charge in [-0.15, -0.1) is 0 Å². The van der Waals surface area contributed by atoms with Gasteiger partial charge in [-0.3, -0.25) is 0 Å². The van der Waals surface area contributed by atoms with E-state index in [9.17, 15) is 8.78 Å². The summed E-state index contributed by atoms with van der Waals surface area (Å²) in [6.45, 7) is 0. The van der Waals surface area contributed by atoms with E-state index in [4.69, 9.17) is 11.2 Å². The average Bonchev–Trinajstić information content (AvgIpc) is 2.92. The molecule has 5 heteroatoms. The summed E-state index contributed by atoms with van der Waals surface area (Å²) in [6, 6.07) is 38.4. The monoisotopic (exact) mass is 501 g/mol. The van der Waals surface area contributed by atoms with Crippen molar-refractivity contribution in [3.8, 4) is 11.3 Å². The van der Waals surface area contributed by atoms with Crippen LogP contribution in [-0.2, 0) is 6.16 Å². The first-order valence-corrected chi connectivity index (χ1v) is 14.6. The van der Waals surface area contributed by atoms with Crippen molar-refractivity contribution in [2.45, 2.75) is 6.16 Å². The van der Waals surface area contributed by atoms with Crippen LogP contribution in [0, 0.1) is 11.6 Å². The Balaban J connectivity index is 1.68. The van der Waals surface area contributed by atoms with Crippen LogP contribution in [0.5, 0.6) is 0 Å². The Kier molecular flexibility index (Phi) is 6.23. The van der Waals surface area contributed by atoms with Crippen LogP contribution in [-0.4, -0.2) is 4.98 Å². The summed E-state index contributed by atoms with van der Waals surface area (Å²) in [5, 5.41) is 3.21. The Morgan fingerprint density at radius 2 is 1.11 bits per heavy atom. The van der Waals surface area contributed by atoms with E-state index in [1.165, 1.54) is 6.07 Å². The number of halogens is 3. The van der Waals surface area contributed by atoms with Crippen LogP contribution >= 0.6 is 17.2 Å². The van der Waals surface area contributed by atoms with Gasteiger partial charge < -0.3 is 0 Å². The predicted octanol–water partition coefficient (Wildman–Crippen LogP) is 7.21. The first kappa shape index (κ1) is 23.4. The van der Waals surface area contributed by atoms with Gasteiger partial charge in [0.2, 0.25) is 0 Å². The van der Waals surface area contributed by atoms with Gasteiger partial charge in [-0.1, -0.05) is 0 Å². The van der Waals surface area contributed by atoms with Gasteiger partial charge in [-0.05, 0) is 0 Å². The van der Waals surface area contributed by atoms with Gasteiger partial charge in [-0.25, -0.2) is 0 Å². The first-order valence-electron chi connectivity index (χ1n) is 11.3. The molecule has 0 spiro atoms.